The van der Waals surface area contributed by atoms with Crippen LogP contribution >= 0.6 is 0 Å². The molecule has 1 aromatic heterocycles. The number of nitrogens with zero attached hydrogens (tertiary/aromatic N) is 3. The molecule has 0 aliphatic rings. The summed E-state index contributed by atoms with van der Waals surface area (Å²) in [6.45, 7) is 1.95. The number of hydrogen-bond donors (Lipinski definition) is 2. The summed E-state index contributed by atoms with van der Waals surface area (Å²) in [5.74, 6) is 0.975. The number of carbonyl (C=O) groups excluding carboxylic acids is 1. The topological polar surface area (TPSA) is 87.9 Å². The molecule has 2 rings (SSSR count). The van der Waals surface area contributed by atoms with Crippen LogP contribution < -0.4 is 10.6 Å². The number of anilines is 2. The van der Waals surface area contributed by atoms with E-state index in [-0.39, 0.29) is 5.95 Å². The molecule has 0 aliphatic heterocycles. The van der Waals surface area contributed by atoms with Crippen molar-refractivity contribution >= 4 is 17.7 Å². The molecule has 2 amide bonds. The first-order chi connectivity index (χ1) is 8.22. The van der Waals surface area contributed by atoms with E-state index in [1.165, 1.54) is 4.90 Å². The van der Waals surface area contributed by atoms with Gasteiger partial charge in [0.1, 0.15) is 5.82 Å². The molecule has 0 atom stereocenters. The number of rotatable bonds is 3. The number of hydrogen-bond acceptors (Lipinski definition) is 3. The molecule has 6 nitrogen and oxygen atoms in total. The molecule has 88 valence electrons. The summed E-state index contributed by atoms with van der Waals surface area (Å²) in [6, 6.07) is 8.42. The zero-order chi connectivity index (χ0) is 12.3. The van der Waals surface area contributed by atoms with E-state index in [0.717, 1.165) is 0 Å². The highest BCUT2D eigenvalue weighted by Gasteiger charge is 2.18. The maximum absolute atomic E-state index is 11.5. The van der Waals surface area contributed by atoms with Crippen molar-refractivity contribution < 1.29 is 4.79 Å². The molecule has 0 saturated carbocycles. The molecule has 0 fully saturated rings. The van der Waals surface area contributed by atoms with E-state index in [0.29, 0.717) is 17.9 Å². The van der Waals surface area contributed by atoms with Crippen molar-refractivity contribution in [2.45, 2.75) is 13.3 Å². The molecule has 0 spiro atoms. The van der Waals surface area contributed by atoms with E-state index in [1.807, 2.05) is 25.1 Å². The maximum atomic E-state index is 11.5. The van der Waals surface area contributed by atoms with Crippen molar-refractivity contribution in [1.82, 2.24) is 15.2 Å². The number of carbonyl (C=O) groups is 1. The largest absolute Gasteiger partial charge is 0.351 e. The molecule has 1 heterocycles. The van der Waals surface area contributed by atoms with E-state index >= 15 is 0 Å². The predicted molar refractivity (Wildman–Crippen MR) is 63.9 cm³/mol. The lowest BCUT2D eigenvalue weighted by Gasteiger charge is -2.15. The molecule has 17 heavy (non-hydrogen) atoms. The first kappa shape index (κ1) is 11.1. The van der Waals surface area contributed by atoms with Gasteiger partial charge in [0.15, 0.2) is 0 Å². The van der Waals surface area contributed by atoms with Gasteiger partial charge in [-0.25, -0.2) is 9.69 Å². The second-order valence-electron chi connectivity index (χ2n) is 3.44. The number of aromatic amines is 1. The Labute approximate surface area is 98.5 Å². The second-order valence-corrected chi connectivity index (χ2v) is 3.44. The summed E-state index contributed by atoms with van der Waals surface area (Å²) in [7, 11) is 0. The van der Waals surface area contributed by atoms with Gasteiger partial charge in [-0.15, -0.1) is 5.10 Å². The number of nitrogens with one attached hydrogen (secondary N) is 1. The zero-order valence-corrected chi connectivity index (χ0v) is 9.42. The lowest BCUT2D eigenvalue weighted by molar-refractivity contribution is 0.256. The van der Waals surface area contributed by atoms with Crippen molar-refractivity contribution in [2.24, 2.45) is 5.73 Å². The molecule has 0 aliphatic carbocycles. The summed E-state index contributed by atoms with van der Waals surface area (Å²) < 4.78 is 0. The number of nitrogens with two attached hydrogens (primary N) is 1. The average Bonchev–Trinajstić information content (AvgIpc) is 2.79. The van der Waals surface area contributed by atoms with Crippen LogP contribution in [0.25, 0.3) is 0 Å². The van der Waals surface area contributed by atoms with Crippen LogP contribution in [0.2, 0.25) is 0 Å². The lowest BCUT2D eigenvalue weighted by atomic mass is 10.3. The fourth-order valence-corrected chi connectivity index (χ4v) is 1.46. The molecule has 6 heteroatoms. The van der Waals surface area contributed by atoms with Crippen LogP contribution in [-0.4, -0.2) is 21.2 Å². The fraction of sp³-hybridized carbons (Fsp3) is 0.182. The first-order valence-electron chi connectivity index (χ1n) is 5.28. The van der Waals surface area contributed by atoms with Gasteiger partial charge in [-0.3, -0.25) is 5.10 Å². The summed E-state index contributed by atoms with van der Waals surface area (Å²) in [5.41, 5.74) is 5.98. The Morgan fingerprint density at radius 3 is 2.65 bits per heavy atom. The molecule has 3 N–H and O–H groups in total. The average molecular weight is 231 g/mol. The predicted octanol–water partition coefficient (Wildman–Crippen LogP) is 1.58. The summed E-state index contributed by atoms with van der Waals surface area (Å²) in [5, 5.41) is 6.72. The summed E-state index contributed by atoms with van der Waals surface area (Å²) >= 11 is 0. The van der Waals surface area contributed by atoms with Gasteiger partial charge >= 0.3 is 6.03 Å². The van der Waals surface area contributed by atoms with Gasteiger partial charge in [-0.05, 0) is 12.1 Å². The van der Waals surface area contributed by atoms with Crippen molar-refractivity contribution in [3.05, 3.63) is 36.2 Å². The van der Waals surface area contributed by atoms with Crippen LogP contribution in [0.15, 0.2) is 30.3 Å². The molecule has 1 aromatic carbocycles. The van der Waals surface area contributed by atoms with Gasteiger partial charge in [0, 0.05) is 6.42 Å². The maximum Gasteiger partial charge on any atom is 0.326 e. The van der Waals surface area contributed by atoms with Crippen molar-refractivity contribution in [2.75, 3.05) is 4.90 Å². The number of para-hydroxylation sites is 1. The van der Waals surface area contributed by atoms with Crippen LogP contribution in [0.3, 0.4) is 0 Å². The Bertz CT molecular complexity index is 508. The fourth-order valence-electron chi connectivity index (χ4n) is 1.46. The SMILES string of the molecule is CCc1nc(N(C(N)=O)c2ccccc2)n[nH]1. The van der Waals surface area contributed by atoms with Gasteiger partial charge < -0.3 is 5.73 Å². The molecule has 0 unspecified atom stereocenters. The third-order valence-electron chi connectivity index (χ3n) is 2.29. The number of benzene rings is 1. The van der Waals surface area contributed by atoms with Crippen LogP contribution in [0.5, 0.6) is 0 Å². The van der Waals surface area contributed by atoms with Crippen LogP contribution in [0.1, 0.15) is 12.7 Å². The molecule has 0 saturated heterocycles. The molecular weight excluding hydrogens is 218 g/mol. The van der Waals surface area contributed by atoms with Gasteiger partial charge in [-0.1, -0.05) is 25.1 Å². The van der Waals surface area contributed by atoms with Crippen LogP contribution in [-0.2, 0) is 6.42 Å². The summed E-state index contributed by atoms with van der Waals surface area (Å²) in [6.07, 6.45) is 0.717. The van der Waals surface area contributed by atoms with Gasteiger partial charge in [0.25, 0.3) is 5.95 Å². The Morgan fingerprint density at radius 2 is 2.12 bits per heavy atom. The van der Waals surface area contributed by atoms with E-state index in [9.17, 15) is 4.79 Å². The Kier molecular flexibility index (Phi) is 3.04. The normalized spacial score (nSPS) is 10.2. The number of aromatic nitrogens is 3. The summed E-state index contributed by atoms with van der Waals surface area (Å²) in [4.78, 5) is 16.9. The lowest BCUT2D eigenvalue weighted by Crippen LogP contribution is -2.32. The number of aryl methyl sites for hydroxylation is 1. The highest BCUT2D eigenvalue weighted by atomic mass is 16.2. The van der Waals surface area contributed by atoms with Crippen LogP contribution in [0.4, 0.5) is 16.4 Å². The Hall–Kier alpha value is -2.37. The number of primary amides is 1. The Balaban J connectivity index is 2.39. The van der Waals surface area contributed by atoms with Crippen LogP contribution in [0, 0.1) is 0 Å². The number of urea groups is 1. The highest BCUT2D eigenvalue weighted by Crippen LogP contribution is 2.20. The van der Waals surface area contributed by atoms with Gasteiger partial charge in [-0.2, -0.15) is 4.98 Å². The van der Waals surface area contributed by atoms with E-state index in [2.05, 4.69) is 15.2 Å². The minimum absolute atomic E-state index is 0.264. The minimum atomic E-state index is -0.613. The highest BCUT2D eigenvalue weighted by molar-refractivity contribution is 5.96. The quantitative estimate of drug-likeness (QED) is 0.840. The molecule has 0 radical (unpaired) electrons. The number of amides is 2. The van der Waals surface area contributed by atoms with E-state index < -0.39 is 6.03 Å². The van der Waals surface area contributed by atoms with Gasteiger partial charge in [0.05, 0.1) is 5.69 Å². The third-order valence-corrected chi connectivity index (χ3v) is 2.29. The first-order valence-corrected chi connectivity index (χ1v) is 5.28. The van der Waals surface area contributed by atoms with Crippen molar-refractivity contribution in [3.63, 3.8) is 0 Å². The zero-order valence-electron chi connectivity index (χ0n) is 9.42. The molecule has 2 aromatic rings. The second kappa shape index (κ2) is 4.65. The smallest absolute Gasteiger partial charge is 0.326 e. The monoisotopic (exact) mass is 231 g/mol. The van der Waals surface area contributed by atoms with Gasteiger partial charge in [0.2, 0.25) is 0 Å². The van der Waals surface area contributed by atoms with E-state index in [4.69, 9.17) is 5.73 Å². The number of H-pyrrole nitrogens is 1. The van der Waals surface area contributed by atoms with Crippen molar-refractivity contribution in [3.8, 4) is 0 Å². The molecule has 0 bridgehead atoms. The van der Waals surface area contributed by atoms with E-state index in [1.54, 1.807) is 12.1 Å². The van der Waals surface area contributed by atoms with Crippen molar-refractivity contribution in [1.29, 1.82) is 0 Å². The molecular formula is C11H13N5O. The third kappa shape index (κ3) is 2.25. The Morgan fingerprint density at radius 1 is 1.41 bits per heavy atom. The minimum Gasteiger partial charge on any atom is -0.351 e. The standard InChI is InChI=1S/C11H13N5O/c1-2-9-13-11(15-14-9)16(10(12)17)8-6-4-3-5-7-8/h3-7H,2H2,1H3,(H2,12,17)(H,13,14,15).